The minimum atomic E-state index is -4.16. The number of sulfonamides is 1. The normalized spacial score (nSPS) is 14.5. The first-order valence-electron chi connectivity index (χ1n) is 17.8. The summed E-state index contributed by atoms with van der Waals surface area (Å²) in [6, 6.07) is 16.9. The fourth-order valence-electron chi connectivity index (χ4n) is 7.53. The molecule has 0 saturated carbocycles. The fourth-order valence-corrected chi connectivity index (χ4v) is 10.1. The molecule has 0 atom stereocenters. The van der Waals surface area contributed by atoms with Crippen LogP contribution in [0.4, 0.5) is 4.39 Å². The molecule has 7 aromatic rings. The Balaban J connectivity index is 1.33. The van der Waals surface area contributed by atoms with Crippen LogP contribution in [0.25, 0.3) is 32.8 Å². The number of aromatic carboxylic acids is 1. The summed E-state index contributed by atoms with van der Waals surface area (Å²) in [6.07, 6.45) is 3.28. The van der Waals surface area contributed by atoms with Crippen molar-refractivity contribution in [1.82, 2.24) is 33.4 Å². The minimum absolute atomic E-state index is 0.0105. The Morgan fingerprint density at radius 3 is 2.59 bits per heavy atom. The van der Waals surface area contributed by atoms with E-state index in [1.54, 1.807) is 46.1 Å². The number of pyridine rings is 1. The van der Waals surface area contributed by atoms with Crippen LogP contribution >= 0.6 is 23.4 Å². The zero-order chi connectivity index (χ0) is 39.5. The number of carbonyl (C=O) groups is 1. The van der Waals surface area contributed by atoms with Crippen LogP contribution in [0, 0.1) is 19.7 Å². The molecule has 56 heavy (non-hydrogen) atoms. The molecule has 0 saturated heterocycles. The summed E-state index contributed by atoms with van der Waals surface area (Å²) in [7, 11) is -0.568. The summed E-state index contributed by atoms with van der Waals surface area (Å²) in [5.74, 6) is -0.398. The van der Waals surface area contributed by atoms with Crippen molar-refractivity contribution in [3.8, 4) is 16.9 Å². The van der Waals surface area contributed by atoms with Gasteiger partial charge < -0.3 is 14.4 Å². The second-order valence-electron chi connectivity index (χ2n) is 13.8. The first-order valence-corrected chi connectivity index (χ1v) is 20.6. The molecule has 5 heterocycles. The van der Waals surface area contributed by atoms with Gasteiger partial charge in [-0.05, 0) is 91.9 Å². The molecule has 1 aliphatic heterocycles. The van der Waals surface area contributed by atoms with Crippen molar-refractivity contribution in [3.05, 3.63) is 118 Å². The Kier molecular flexibility index (Phi) is 9.89. The van der Waals surface area contributed by atoms with Gasteiger partial charge in [0, 0.05) is 87.5 Å². The van der Waals surface area contributed by atoms with Crippen LogP contribution in [0.3, 0.4) is 0 Å². The average molecular weight is 814 g/mol. The highest BCUT2D eigenvalue weighted by Gasteiger charge is 2.32. The molecule has 0 fully saturated rings. The molecule has 12 nitrogen and oxygen atoms in total. The van der Waals surface area contributed by atoms with Crippen LogP contribution in [0.15, 0.2) is 82.8 Å². The van der Waals surface area contributed by atoms with Crippen LogP contribution in [0.1, 0.15) is 45.2 Å². The van der Waals surface area contributed by atoms with Gasteiger partial charge >= 0.3 is 5.97 Å². The fraction of sp³-hybridized carbons (Fsp3) is 0.250. The van der Waals surface area contributed by atoms with Gasteiger partial charge in [0.25, 0.3) is 0 Å². The molecule has 1 N–H and O–H groups in total. The van der Waals surface area contributed by atoms with E-state index >= 15 is 0 Å². The number of carboxylic acids is 1. The lowest BCUT2D eigenvalue weighted by Crippen LogP contribution is -2.31. The standard InChI is InChI=1S/C40H37ClFN7O5S2/c1-23-36-34-11-10-32(41)38(36)37-24(2)46(3)45-33(37)21-48(56(52,53)30-7-5-12-43-19-30)20-27-17-28(47(4)44-27)22-55-29-16-25-15-26(42)8-9-31(25)35(18-29)54-14-6-13-49(34)39(23)40(50)51/h5,7-12,15-19H,6,13-14,20-22H2,1-4H3,(H,50,51). The number of thioether (sulfide) groups is 1. The highest BCUT2D eigenvalue weighted by atomic mass is 35.5. The largest absolute Gasteiger partial charge is 0.493 e. The summed E-state index contributed by atoms with van der Waals surface area (Å²) >= 11 is 8.58. The van der Waals surface area contributed by atoms with Crippen LogP contribution < -0.4 is 4.74 Å². The third kappa shape index (κ3) is 6.71. The monoisotopic (exact) mass is 813 g/mol. The lowest BCUT2D eigenvalue weighted by molar-refractivity contribution is 0.0684. The third-order valence-electron chi connectivity index (χ3n) is 10.3. The van der Waals surface area contributed by atoms with E-state index < -0.39 is 16.0 Å². The van der Waals surface area contributed by atoms with Crippen molar-refractivity contribution in [2.75, 3.05) is 6.61 Å². The predicted octanol–water partition coefficient (Wildman–Crippen LogP) is 7.90. The first-order chi connectivity index (χ1) is 26.8. The van der Waals surface area contributed by atoms with E-state index in [1.807, 2.05) is 38.2 Å². The molecule has 0 aliphatic carbocycles. The van der Waals surface area contributed by atoms with Gasteiger partial charge in [0.1, 0.15) is 22.2 Å². The maximum Gasteiger partial charge on any atom is 0.352 e. The second kappa shape index (κ2) is 14.7. The predicted molar refractivity (Wildman–Crippen MR) is 213 cm³/mol. The Morgan fingerprint density at radius 2 is 1.82 bits per heavy atom. The van der Waals surface area contributed by atoms with Crippen molar-refractivity contribution >= 4 is 61.0 Å². The Hall–Kier alpha value is -5.22. The summed E-state index contributed by atoms with van der Waals surface area (Å²) in [4.78, 5) is 17.9. The number of halogens is 2. The van der Waals surface area contributed by atoms with E-state index in [1.165, 1.54) is 46.7 Å². The third-order valence-corrected chi connectivity index (χ3v) is 13.4. The molecule has 0 radical (unpaired) electrons. The summed E-state index contributed by atoms with van der Waals surface area (Å²) in [5, 5.41) is 22.6. The molecule has 0 spiro atoms. The molecule has 3 aromatic carbocycles. The van der Waals surface area contributed by atoms with Crippen molar-refractivity contribution < 1.29 is 27.4 Å². The Labute approximate surface area is 331 Å². The molecule has 16 heteroatoms. The van der Waals surface area contributed by atoms with Gasteiger partial charge in [0.15, 0.2) is 0 Å². The number of aromatic nitrogens is 6. The first kappa shape index (κ1) is 37.7. The van der Waals surface area contributed by atoms with E-state index in [0.29, 0.717) is 73.9 Å². The number of hydrogen-bond donors (Lipinski definition) is 1. The van der Waals surface area contributed by atoms with Crippen molar-refractivity contribution in [2.45, 2.75) is 55.4 Å². The molecular weight excluding hydrogens is 777 g/mol. The zero-order valence-corrected chi connectivity index (χ0v) is 33.3. The SMILES string of the molecule is Cc1c(C(=O)O)n2c3ccc(Cl)c(c13)-c1c(nn(C)c1C)CN(S(=O)(=O)c1cccnc1)Cc1cc(n(C)n1)CSc1cc(c3ccc(F)cc3c1)OCCC2. The van der Waals surface area contributed by atoms with Crippen LogP contribution in [0.2, 0.25) is 5.02 Å². The van der Waals surface area contributed by atoms with Crippen molar-refractivity contribution in [3.63, 3.8) is 0 Å². The average Bonchev–Trinajstić information content (AvgIpc) is 3.76. The van der Waals surface area contributed by atoms with Crippen LogP contribution in [0.5, 0.6) is 5.75 Å². The van der Waals surface area contributed by atoms with E-state index in [4.69, 9.17) is 26.5 Å². The molecule has 0 amide bonds. The van der Waals surface area contributed by atoms with Crippen LogP contribution in [-0.4, -0.2) is 59.5 Å². The van der Waals surface area contributed by atoms with Gasteiger partial charge in [-0.15, -0.1) is 11.8 Å². The van der Waals surface area contributed by atoms with Gasteiger partial charge in [-0.25, -0.2) is 17.6 Å². The molecule has 0 unspecified atom stereocenters. The lowest BCUT2D eigenvalue weighted by Gasteiger charge is -2.21. The molecular formula is C40H37ClFN7O5S2. The van der Waals surface area contributed by atoms with Crippen LogP contribution in [-0.2, 0) is 49.5 Å². The van der Waals surface area contributed by atoms with E-state index in [0.717, 1.165) is 21.7 Å². The molecule has 8 bridgehead atoms. The number of rotatable bonds is 3. The van der Waals surface area contributed by atoms with Crippen molar-refractivity contribution in [2.24, 2.45) is 14.1 Å². The number of hydrogen-bond acceptors (Lipinski definition) is 8. The lowest BCUT2D eigenvalue weighted by atomic mass is 9.96. The summed E-state index contributed by atoms with van der Waals surface area (Å²) < 4.78 is 56.2. The second-order valence-corrected chi connectivity index (χ2v) is 17.2. The number of nitrogens with zero attached hydrogens (tertiary/aromatic N) is 7. The van der Waals surface area contributed by atoms with E-state index in [-0.39, 0.29) is 36.1 Å². The molecule has 8 rings (SSSR count). The number of ether oxygens (including phenoxy) is 1. The minimum Gasteiger partial charge on any atom is -0.493 e. The number of benzene rings is 3. The highest BCUT2D eigenvalue weighted by molar-refractivity contribution is 7.98. The smallest absolute Gasteiger partial charge is 0.352 e. The van der Waals surface area contributed by atoms with Gasteiger partial charge in [0.2, 0.25) is 10.0 Å². The Bertz CT molecular complexity index is 2800. The van der Waals surface area contributed by atoms with Gasteiger partial charge in [-0.3, -0.25) is 14.3 Å². The zero-order valence-electron chi connectivity index (χ0n) is 31.0. The van der Waals surface area contributed by atoms with E-state index in [9.17, 15) is 22.7 Å². The number of carboxylic acid groups (broad SMARTS) is 1. The molecule has 288 valence electrons. The van der Waals surface area contributed by atoms with Gasteiger partial charge in [-0.2, -0.15) is 14.5 Å². The maximum absolute atomic E-state index is 14.5. The highest BCUT2D eigenvalue weighted by Crippen LogP contribution is 2.43. The van der Waals surface area contributed by atoms with Crippen molar-refractivity contribution in [1.29, 1.82) is 0 Å². The number of fused-ring (bicyclic) bond motifs is 8. The summed E-state index contributed by atoms with van der Waals surface area (Å²) in [6.45, 7) is 3.97. The molecule has 4 aromatic heterocycles. The van der Waals surface area contributed by atoms with Gasteiger partial charge in [0.05, 0.1) is 31.1 Å². The topological polar surface area (TPSA) is 137 Å². The number of aryl methyl sites for hydroxylation is 4. The Morgan fingerprint density at radius 1 is 1.00 bits per heavy atom. The maximum atomic E-state index is 14.5. The molecule has 1 aliphatic rings. The van der Waals surface area contributed by atoms with E-state index in [2.05, 4.69) is 4.98 Å². The van der Waals surface area contributed by atoms with Gasteiger partial charge in [-0.1, -0.05) is 11.6 Å². The summed E-state index contributed by atoms with van der Waals surface area (Å²) in [5.41, 5.74) is 4.97. The quantitative estimate of drug-likeness (QED) is 0.189.